The van der Waals surface area contributed by atoms with Crippen molar-refractivity contribution in [1.29, 1.82) is 0 Å². The van der Waals surface area contributed by atoms with Crippen molar-refractivity contribution in [3.63, 3.8) is 0 Å². The molecule has 0 radical (unpaired) electrons. The zero-order valence-corrected chi connectivity index (χ0v) is 17.3. The summed E-state index contributed by atoms with van der Waals surface area (Å²) in [4.78, 5) is 25.3. The molecule has 0 aromatic heterocycles. The Morgan fingerprint density at radius 1 is 1.00 bits per heavy atom. The van der Waals surface area contributed by atoms with Crippen LogP contribution in [0.4, 0.5) is 5.69 Å². The summed E-state index contributed by atoms with van der Waals surface area (Å²) in [5.74, 6) is 0.280. The molecule has 0 saturated heterocycles. The van der Waals surface area contributed by atoms with Crippen LogP contribution in [0.15, 0.2) is 42.5 Å². The molecule has 0 unspecified atom stereocenters. The monoisotopic (exact) mass is 417 g/mol. The molecule has 0 spiro atoms. The van der Waals surface area contributed by atoms with Crippen LogP contribution in [-0.4, -0.2) is 32.7 Å². The second-order valence-corrected chi connectivity index (χ2v) is 7.46. The summed E-state index contributed by atoms with van der Waals surface area (Å²) in [6, 6.07) is 12.3. The molecule has 7 heteroatoms. The van der Waals surface area contributed by atoms with E-state index in [0.29, 0.717) is 35.1 Å². The molecule has 1 aliphatic rings. The highest BCUT2D eigenvalue weighted by Gasteiger charge is 2.44. The van der Waals surface area contributed by atoms with Crippen molar-refractivity contribution in [3.05, 3.63) is 53.1 Å². The molecule has 2 aromatic rings. The van der Waals surface area contributed by atoms with E-state index in [9.17, 15) is 9.59 Å². The first-order chi connectivity index (χ1) is 14.0. The van der Waals surface area contributed by atoms with E-state index in [2.05, 4.69) is 5.32 Å². The molecule has 1 amide bonds. The van der Waals surface area contributed by atoms with Gasteiger partial charge in [0.1, 0.15) is 11.5 Å². The number of anilines is 1. The van der Waals surface area contributed by atoms with Gasteiger partial charge in [-0.1, -0.05) is 36.6 Å². The molecular weight excluding hydrogens is 394 g/mol. The van der Waals surface area contributed by atoms with Crippen LogP contribution in [0.5, 0.6) is 11.5 Å². The third-order valence-electron chi connectivity index (χ3n) is 5.21. The Hall–Kier alpha value is -2.73. The van der Waals surface area contributed by atoms with Gasteiger partial charge in [0.05, 0.1) is 19.6 Å². The zero-order chi connectivity index (χ0) is 20.9. The van der Waals surface area contributed by atoms with Gasteiger partial charge in [0.25, 0.3) is 5.91 Å². The second kappa shape index (κ2) is 9.18. The van der Waals surface area contributed by atoms with Crippen molar-refractivity contribution in [2.24, 2.45) is 0 Å². The van der Waals surface area contributed by atoms with Crippen LogP contribution in [0.3, 0.4) is 0 Å². The standard InChI is InChI=1S/C22H24ClNO5/c1-27-18-11-17(12-19(13-18)28-2)24-20(25)14-29-21(26)22(9-3-4-10-22)15-5-7-16(23)8-6-15/h5-8,11-13H,3-4,9-10,14H2,1-2H3,(H,24,25). The van der Waals surface area contributed by atoms with Crippen LogP contribution in [0, 0.1) is 0 Å². The molecule has 29 heavy (non-hydrogen) atoms. The molecule has 0 bridgehead atoms. The summed E-state index contributed by atoms with van der Waals surface area (Å²) >= 11 is 5.98. The summed E-state index contributed by atoms with van der Waals surface area (Å²) < 4.78 is 15.8. The number of hydrogen-bond donors (Lipinski definition) is 1. The topological polar surface area (TPSA) is 73.9 Å². The van der Waals surface area contributed by atoms with Crippen LogP contribution in [-0.2, 0) is 19.7 Å². The van der Waals surface area contributed by atoms with E-state index in [1.807, 2.05) is 12.1 Å². The number of carbonyl (C=O) groups is 2. The van der Waals surface area contributed by atoms with Crippen molar-refractivity contribution in [3.8, 4) is 11.5 Å². The fourth-order valence-electron chi connectivity index (χ4n) is 3.70. The highest BCUT2D eigenvalue weighted by Crippen LogP contribution is 2.42. The van der Waals surface area contributed by atoms with Gasteiger partial charge in [-0.2, -0.15) is 0 Å². The predicted molar refractivity (Wildman–Crippen MR) is 111 cm³/mol. The Balaban J connectivity index is 1.66. The van der Waals surface area contributed by atoms with Gasteiger partial charge in [0.2, 0.25) is 0 Å². The zero-order valence-electron chi connectivity index (χ0n) is 16.5. The molecule has 154 valence electrons. The summed E-state index contributed by atoms with van der Waals surface area (Å²) in [5, 5.41) is 3.32. The van der Waals surface area contributed by atoms with Gasteiger partial charge in [-0.15, -0.1) is 0 Å². The Morgan fingerprint density at radius 3 is 2.14 bits per heavy atom. The van der Waals surface area contributed by atoms with Crippen molar-refractivity contribution in [1.82, 2.24) is 0 Å². The summed E-state index contributed by atoms with van der Waals surface area (Å²) in [5.41, 5.74) is 0.655. The maximum absolute atomic E-state index is 12.9. The first-order valence-corrected chi connectivity index (χ1v) is 9.81. The Labute approximate surface area is 175 Å². The minimum absolute atomic E-state index is 0.367. The van der Waals surface area contributed by atoms with Crippen molar-refractivity contribution in [2.75, 3.05) is 26.1 Å². The van der Waals surface area contributed by atoms with Gasteiger partial charge in [-0.25, -0.2) is 0 Å². The summed E-state index contributed by atoms with van der Waals surface area (Å²) in [6.45, 7) is -0.367. The smallest absolute Gasteiger partial charge is 0.317 e. The Bertz CT molecular complexity index is 853. The van der Waals surface area contributed by atoms with Crippen LogP contribution in [0.2, 0.25) is 5.02 Å². The number of benzene rings is 2. The van der Waals surface area contributed by atoms with Crippen molar-refractivity contribution < 1.29 is 23.8 Å². The van der Waals surface area contributed by atoms with E-state index in [-0.39, 0.29) is 12.6 Å². The molecule has 1 saturated carbocycles. The molecule has 1 fully saturated rings. The van der Waals surface area contributed by atoms with E-state index in [1.165, 1.54) is 14.2 Å². The first kappa shape index (κ1) is 21.0. The fourth-order valence-corrected chi connectivity index (χ4v) is 3.83. The number of methoxy groups -OCH3 is 2. The predicted octanol–water partition coefficient (Wildman–Crippen LogP) is 4.35. The molecule has 1 N–H and O–H groups in total. The first-order valence-electron chi connectivity index (χ1n) is 9.43. The van der Waals surface area contributed by atoms with Gasteiger partial charge < -0.3 is 19.5 Å². The van der Waals surface area contributed by atoms with E-state index < -0.39 is 11.3 Å². The van der Waals surface area contributed by atoms with E-state index >= 15 is 0 Å². The highest BCUT2D eigenvalue weighted by molar-refractivity contribution is 6.30. The molecular formula is C22H24ClNO5. The van der Waals surface area contributed by atoms with Gasteiger partial charge in [-0.3, -0.25) is 9.59 Å². The van der Waals surface area contributed by atoms with Gasteiger partial charge in [0, 0.05) is 28.9 Å². The lowest BCUT2D eigenvalue weighted by molar-refractivity contribution is -0.153. The number of amides is 1. The summed E-state index contributed by atoms with van der Waals surface area (Å²) in [6.07, 6.45) is 3.27. The van der Waals surface area contributed by atoms with Crippen molar-refractivity contribution >= 4 is 29.2 Å². The van der Waals surface area contributed by atoms with E-state index in [0.717, 1.165) is 18.4 Å². The number of halogens is 1. The normalized spacial score (nSPS) is 14.9. The lowest BCUT2D eigenvalue weighted by Crippen LogP contribution is -2.36. The fraction of sp³-hybridized carbons (Fsp3) is 0.364. The van der Waals surface area contributed by atoms with Crippen LogP contribution >= 0.6 is 11.6 Å². The lowest BCUT2D eigenvalue weighted by Gasteiger charge is -2.27. The van der Waals surface area contributed by atoms with Crippen LogP contribution < -0.4 is 14.8 Å². The molecule has 1 aliphatic carbocycles. The van der Waals surface area contributed by atoms with E-state index in [1.54, 1.807) is 30.3 Å². The van der Waals surface area contributed by atoms with Gasteiger partial charge in [0.15, 0.2) is 6.61 Å². The quantitative estimate of drug-likeness (QED) is 0.678. The molecule has 6 nitrogen and oxygen atoms in total. The number of ether oxygens (including phenoxy) is 3. The molecule has 2 aromatic carbocycles. The maximum atomic E-state index is 12.9. The maximum Gasteiger partial charge on any atom is 0.317 e. The average Bonchev–Trinajstić information content (AvgIpc) is 3.23. The number of esters is 1. The minimum Gasteiger partial charge on any atom is -0.497 e. The largest absolute Gasteiger partial charge is 0.497 e. The van der Waals surface area contributed by atoms with Crippen LogP contribution in [0.1, 0.15) is 31.2 Å². The third kappa shape index (κ3) is 4.82. The molecule has 0 heterocycles. The lowest BCUT2D eigenvalue weighted by atomic mass is 9.79. The Kier molecular flexibility index (Phi) is 6.64. The van der Waals surface area contributed by atoms with Crippen molar-refractivity contribution in [2.45, 2.75) is 31.1 Å². The number of hydrogen-bond acceptors (Lipinski definition) is 5. The summed E-state index contributed by atoms with van der Waals surface area (Å²) in [7, 11) is 3.06. The Morgan fingerprint density at radius 2 is 1.59 bits per heavy atom. The molecule has 3 rings (SSSR count). The number of carbonyl (C=O) groups excluding carboxylic acids is 2. The van der Waals surface area contributed by atoms with E-state index in [4.69, 9.17) is 25.8 Å². The molecule has 0 aliphatic heterocycles. The number of nitrogens with one attached hydrogen (secondary N) is 1. The third-order valence-corrected chi connectivity index (χ3v) is 5.47. The second-order valence-electron chi connectivity index (χ2n) is 7.02. The SMILES string of the molecule is COc1cc(NC(=O)COC(=O)C2(c3ccc(Cl)cc3)CCCC2)cc(OC)c1. The minimum atomic E-state index is -0.718. The van der Waals surface area contributed by atoms with Gasteiger partial charge >= 0.3 is 5.97 Å². The average molecular weight is 418 g/mol. The van der Waals surface area contributed by atoms with Crippen LogP contribution in [0.25, 0.3) is 0 Å². The molecule has 0 atom stereocenters. The number of rotatable bonds is 7. The highest BCUT2D eigenvalue weighted by atomic mass is 35.5. The van der Waals surface area contributed by atoms with Gasteiger partial charge in [-0.05, 0) is 30.5 Å².